The van der Waals surface area contributed by atoms with Gasteiger partial charge >= 0.3 is 11.7 Å². The van der Waals surface area contributed by atoms with Gasteiger partial charge in [-0.15, -0.1) is 0 Å². The average Bonchev–Trinajstić information content (AvgIpc) is 3.31. The van der Waals surface area contributed by atoms with E-state index >= 15 is 0 Å². The Hall–Kier alpha value is -3.10. The number of Topliss-reactive ketones (excluding diaryl/α,β-unsaturated/α-hetero) is 1. The van der Waals surface area contributed by atoms with Crippen LogP contribution in [0.2, 0.25) is 10.0 Å². The predicted molar refractivity (Wildman–Crippen MR) is 135 cm³/mol. The van der Waals surface area contributed by atoms with Gasteiger partial charge in [-0.1, -0.05) is 29.3 Å². The molecule has 188 valence electrons. The first kappa shape index (κ1) is 24.6. The van der Waals surface area contributed by atoms with Crippen LogP contribution in [0.25, 0.3) is 0 Å². The number of dihydropyridines is 1. The fraction of sp³-hybridized carbons (Fsp3) is 0.385. The molecule has 0 radical (unpaired) electrons. The Labute approximate surface area is 216 Å². The van der Waals surface area contributed by atoms with Crippen molar-refractivity contribution in [3.05, 3.63) is 88.9 Å². The minimum Gasteiger partial charge on any atom is -0.459 e. The Morgan fingerprint density at radius 3 is 2.42 bits per heavy atom. The van der Waals surface area contributed by atoms with Gasteiger partial charge in [-0.25, -0.2) is 9.59 Å². The highest BCUT2D eigenvalue weighted by atomic mass is 35.5. The standard InChI is InChI=1S/C26H25Cl2N3O5/c1-12-20(25(34)36-14-5-2-3-6-14)22(15-11-29-26(35)31-24(15)33)23-18(30-12)9-13(10-19(23)32)21-16(27)7-4-8-17(21)28/h4,7-8,11,13-14,22,30H,2-3,5-6,9-10H2,1H3,(H2,29,31,33,35). The molecule has 1 aromatic carbocycles. The van der Waals surface area contributed by atoms with Crippen LogP contribution in [0.3, 0.4) is 0 Å². The minimum absolute atomic E-state index is 0.101. The van der Waals surface area contributed by atoms with Gasteiger partial charge in [-0.05, 0) is 62.6 Å². The molecule has 3 N–H and O–H groups in total. The Morgan fingerprint density at radius 1 is 1.06 bits per heavy atom. The van der Waals surface area contributed by atoms with Gasteiger partial charge in [0, 0.05) is 45.2 Å². The number of hydrogen-bond donors (Lipinski definition) is 3. The third kappa shape index (κ3) is 4.44. The van der Waals surface area contributed by atoms with E-state index in [0.29, 0.717) is 39.0 Å². The summed E-state index contributed by atoms with van der Waals surface area (Å²) in [6.07, 6.45) is 5.11. The summed E-state index contributed by atoms with van der Waals surface area (Å²) in [6.45, 7) is 1.72. The second-order valence-electron chi connectivity index (χ2n) is 9.49. The fourth-order valence-corrected chi connectivity index (χ4v) is 6.29. The molecule has 1 aromatic heterocycles. The Morgan fingerprint density at radius 2 is 1.75 bits per heavy atom. The molecule has 0 bridgehead atoms. The minimum atomic E-state index is -0.981. The molecule has 5 rings (SSSR count). The van der Waals surface area contributed by atoms with Gasteiger partial charge in [-0.2, -0.15) is 0 Å². The smallest absolute Gasteiger partial charge is 0.337 e. The lowest BCUT2D eigenvalue weighted by molar-refractivity contribution is -0.144. The molecule has 2 aliphatic carbocycles. The highest BCUT2D eigenvalue weighted by Crippen LogP contribution is 2.47. The van der Waals surface area contributed by atoms with Crippen molar-refractivity contribution in [3.8, 4) is 0 Å². The van der Waals surface area contributed by atoms with Gasteiger partial charge in [0.2, 0.25) is 0 Å². The normalized spacial score (nSPS) is 22.5. The number of ketones is 1. The van der Waals surface area contributed by atoms with Gasteiger partial charge in [0.15, 0.2) is 5.78 Å². The number of allylic oxidation sites excluding steroid dienone is 3. The predicted octanol–water partition coefficient (Wildman–Crippen LogP) is 4.22. The van der Waals surface area contributed by atoms with Crippen molar-refractivity contribution in [1.82, 2.24) is 15.3 Å². The van der Waals surface area contributed by atoms with Crippen molar-refractivity contribution < 1.29 is 14.3 Å². The third-order valence-corrected chi connectivity index (χ3v) is 7.85. The summed E-state index contributed by atoms with van der Waals surface area (Å²) < 4.78 is 5.78. The maximum absolute atomic E-state index is 13.7. The lowest BCUT2D eigenvalue weighted by Crippen LogP contribution is -2.39. The van der Waals surface area contributed by atoms with Crippen LogP contribution >= 0.6 is 23.2 Å². The fourth-order valence-electron chi connectivity index (χ4n) is 5.58. The Balaban J connectivity index is 1.60. The monoisotopic (exact) mass is 529 g/mol. The van der Waals surface area contributed by atoms with Gasteiger partial charge in [-0.3, -0.25) is 14.6 Å². The van der Waals surface area contributed by atoms with Crippen molar-refractivity contribution in [3.63, 3.8) is 0 Å². The second kappa shape index (κ2) is 9.75. The summed E-state index contributed by atoms with van der Waals surface area (Å²) in [5, 5.41) is 4.19. The zero-order valence-corrected chi connectivity index (χ0v) is 21.1. The summed E-state index contributed by atoms with van der Waals surface area (Å²) in [4.78, 5) is 56.4. The number of aromatic amines is 2. The van der Waals surface area contributed by atoms with Gasteiger partial charge in [0.05, 0.1) is 11.5 Å². The van der Waals surface area contributed by atoms with Crippen LogP contribution in [0.1, 0.15) is 68.4 Å². The van der Waals surface area contributed by atoms with E-state index < -0.39 is 23.1 Å². The van der Waals surface area contributed by atoms with E-state index in [9.17, 15) is 19.2 Å². The summed E-state index contributed by atoms with van der Waals surface area (Å²) in [7, 11) is 0. The lowest BCUT2D eigenvalue weighted by Gasteiger charge is -2.36. The van der Waals surface area contributed by atoms with E-state index in [0.717, 1.165) is 25.7 Å². The van der Waals surface area contributed by atoms with Crippen LogP contribution in [0.5, 0.6) is 0 Å². The highest BCUT2D eigenvalue weighted by Gasteiger charge is 2.43. The van der Waals surface area contributed by atoms with Crippen molar-refractivity contribution in [2.45, 2.75) is 63.4 Å². The molecule has 3 aliphatic rings. The molecule has 2 aromatic rings. The third-order valence-electron chi connectivity index (χ3n) is 7.19. The molecule has 0 spiro atoms. The van der Waals surface area contributed by atoms with Crippen molar-refractivity contribution in [2.75, 3.05) is 0 Å². The maximum atomic E-state index is 13.7. The molecule has 10 heteroatoms. The summed E-state index contributed by atoms with van der Waals surface area (Å²) >= 11 is 12.9. The molecular weight excluding hydrogens is 505 g/mol. The zero-order valence-electron chi connectivity index (χ0n) is 19.6. The van der Waals surface area contributed by atoms with Crippen LogP contribution in [-0.4, -0.2) is 27.8 Å². The number of esters is 1. The first-order valence-electron chi connectivity index (χ1n) is 12.0. The van der Waals surface area contributed by atoms with E-state index in [-0.39, 0.29) is 35.4 Å². The van der Waals surface area contributed by atoms with Crippen LogP contribution in [0.4, 0.5) is 0 Å². The van der Waals surface area contributed by atoms with Gasteiger partial charge in [0.1, 0.15) is 6.10 Å². The molecule has 1 aliphatic heterocycles. The lowest BCUT2D eigenvalue weighted by atomic mass is 9.72. The van der Waals surface area contributed by atoms with Crippen molar-refractivity contribution in [1.29, 1.82) is 0 Å². The topological polar surface area (TPSA) is 121 Å². The van der Waals surface area contributed by atoms with E-state index in [1.54, 1.807) is 25.1 Å². The van der Waals surface area contributed by atoms with E-state index in [4.69, 9.17) is 27.9 Å². The number of carbonyl (C=O) groups excluding carboxylic acids is 2. The van der Waals surface area contributed by atoms with Gasteiger partial charge in [0.25, 0.3) is 5.56 Å². The number of H-pyrrole nitrogens is 2. The molecule has 0 amide bonds. The quantitative estimate of drug-likeness (QED) is 0.510. The average molecular weight is 530 g/mol. The number of ether oxygens (including phenoxy) is 1. The Kier molecular flexibility index (Phi) is 6.66. The molecule has 2 atom stereocenters. The van der Waals surface area contributed by atoms with Crippen LogP contribution in [-0.2, 0) is 14.3 Å². The molecule has 2 unspecified atom stereocenters. The summed E-state index contributed by atoms with van der Waals surface area (Å²) in [6, 6.07) is 5.21. The SMILES string of the molecule is CC1=C(C(=O)OC2CCCC2)C(c2c[nH]c(=O)[nH]c2=O)C2=C(CC(c3c(Cl)cccc3Cl)CC2=O)N1. The summed E-state index contributed by atoms with van der Waals surface area (Å²) in [5.74, 6) is -2.07. The molecule has 1 fully saturated rings. The number of hydrogen-bond acceptors (Lipinski definition) is 6. The molecular formula is C26H25Cl2N3O5. The Bertz CT molecular complexity index is 1410. The molecule has 0 saturated heterocycles. The van der Waals surface area contributed by atoms with Crippen LogP contribution in [0, 0.1) is 0 Å². The molecule has 1 saturated carbocycles. The second-order valence-corrected chi connectivity index (χ2v) is 10.3. The van der Waals surface area contributed by atoms with E-state index in [2.05, 4.69) is 15.3 Å². The largest absolute Gasteiger partial charge is 0.459 e. The van der Waals surface area contributed by atoms with E-state index in [1.807, 2.05) is 0 Å². The number of carbonyl (C=O) groups is 2. The number of aromatic nitrogens is 2. The molecule has 8 nitrogen and oxygen atoms in total. The maximum Gasteiger partial charge on any atom is 0.337 e. The molecule has 2 heterocycles. The van der Waals surface area contributed by atoms with Crippen molar-refractivity contribution in [2.24, 2.45) is 0 Å². The number of halogens is 2. The number of nitrogens with one attached hydrogen (secondary N) is 3. The number of benzene rings is 1. The summed E-state index contributed by atoms with van der Waals surface area (Å²) in [5.41, 5.74) is 1.05. The first-order chi connectivity index (χ1) is 17.2. The van der Waals surface area contributed by atoms with Crippen molar-refractivity contribution >= 4 is 35.0 Å². The van der Waals surface area contributed by atoms with Gasteiger partial charge < -0.3 is 15.0 Å². The zero-order chi connectivity index (χ0) is 25.6. The molecule has 36 heavy (non-hydrogen) atoms. The van der Waals surface area contributed by atoms with E-state index in [1.165, 1.54) is 6.20 Å². The highest BCUT2D eigenvalue weighted by molar-refractivity contribution is 6.36. The number of rotatable bonds is 4. The first-order valence-corrected chi connectivity index (χ1v) is 12.7. The van der Waals surface area contributed by atoms with Crippen LogP contribution in [0.15, 0.2) is 56.5 Å². The van der Waals surface area contributed by atoms with Crippen LogP contribution < -0.4 is 16.6 Å².